The van der Waals surface area contributed by atoms with Crippen molar-refractivity contribution < 1.29 is 19.1 Å². The van der Waals surface area contributed by atoms with Crippen molar-refractivity contribution in [2.24, 2.45) is 0 Å². The van der Waals surface area contributed by atoms with E-state index >= 15 is 0 Å². The van der Waals surface area contributed by atoms with Crippen LogP contribution in [0.4, 0.5) is 0 Å². The average molecular weight is 346 g/mol. The Bertz CT molecular complexity index is 712. The molecule has 1 amide bonds. The lowest BCUT2D eigenvalue weighted by Crippen LogP contribution is -2.55. The van der Waals surface area contributed by atoms with Crippen molar-refractivity contribution in [3.05, 3.63) is 33.9 Å². The molecule has 2 rings (SSSR count). The van der Waals surface area contributed by atoms with Crippen LogP contribution < -0.4 is 5.32 Å². The van der Waals surface area contributed by atoms with E-state index in [1.807, 2.05) is 31.7 Å². The van der Waals surface area contributed by atoms with Crippen molar-refractivity contribution in [2.75, 3.05) is 20.2 Å². The zero-order valence-corrected chi connectivity index (χ0v) is 15.6. The molecule has 0 aromatic heterocycles. The van der Waals surface area contributed by atoms with Gasteiger partial charge in [-0.05, 0) is 49.9 Å². The number of methoxy groups -OCH3 is 1. The Morgan fingerprint density at radius 1 is 1.28 bits per heavy atom. The number of nitrogens with one attached hydrogen (secondary N) is 1. The van der Waals surface area contributed by atoms with Gasteiger partial charge in [-0.3, -0.25) is 19.3 Å². The number of esters is 1. The largest absolute Gasteiger partial charge is 0.469 e. The van der Waals surface area contributed by atoms with Gasteiger partial charge in [-0.2, -0.15) is 0 Å². The molecule has 1 aromatic carbocycles. The third kappa shape index (κ3) is 4.07. The first-order valence-electron chi connectivity index (χ1n) is 8.45. The molecule has 6 nitrogen and oxygen atoms in total. The molecule has 1 fully saturated rings. The van der Waals surface area contributed by atoms with Gasteiger partial charge in [-0.1, -0.05) is 6.07 Å². The van der Waals surface area contributed by atoms with Gasteiger partial charge in [0.2, 0.25) is 5.91 Å². The minimum absolute atomic E-state index is 0.0197. The molecule has 6 heteroatoms. The van der Waals surface area contributed by atoms with Gasteiger partial charge in [0.25, 0.3) is 0 Å². The molecule has 0 radical (unpaired) electrons. The van der Waals surface area contributed by atoms with Gasteiger partial charge >= 0.3 is 5.97 Å². The minimum Gasteiger partial charge on any atom is -0.469 e. The van der Waals surface area contributed by atoms with Crippen LogP contribution >= 0.6 is 0 Å². The fraction of sp³-hybridized carbons (Fsp3) is 0.526. The van der Waals surface area contributed by atoms with Crippen LogP contribution in [-0.4, -0.2) is 48.8 Å². The highest BCUT2D eigenvalue weighted by atomic mass is 16.5. The van der Waals surface area contributed by atoms with E-state index in [4.69, 9.17) is 4.74 Å². The number of piperazine rings is 1. The van der Waals surface area contributed by atoms with E-state index in [2.05, 4.69) is 5.32 Å². The fourth-order valence-corrected chi connectivity index (χ4v) is 3.63. The summed E-state index contributed by atoms with van der Waals surface area (Å²) in [5.74, 6) is -0.529. The summed E-state index contributed by atoms with van der Waals surface area (Å²) in [5, 5.41) is 2.80. The lowest BCUT2D eigenvalue weighted by Gasteiger charge is -2.35. The zero-order chi connectivity index (χ0) is 18.7. The molecule has 1 atom stereocenters. The summed E-state index contributed by atoms with van der Waals surface area (Å²) in [6.07, 6.45) is 0.0197. The van der Waals surface area contributed by atoms with Crippen LogP contribution in [-0.2, 0) is 20.9 Å². The molecule has 1 aliphatic heterocycles. The molecular formula is C19H26N2O4. The maximum atomic E-state index is 12.2. The molecule has 1 aliphatic rings. The molecule has 1 aromatic rings. The highest BCUT2D eigenvalue weighted by molar-refractivity contribution is 5.97. The van der Waals surface area contributed by atoms with Crippen molar-refractivity contribution in [3.8, 4) is 0 Å². The molecule has 25 heavy (non-hydrogen) atoms. The number of ether oxygens (including phenoxy) is 1. The van der Waals surface area contributed by atoms with Crippen LogP contribution in [0.1, 0.15) is 46.0 Å². The molecule has 0 spiro atoms. The summed E-state index contributed by atoms with van der Waals surface area (Å²) >= 11 is 0. The number of nitrogens with zero attached hydrogens (tertiary/aromatic N) is 1. The van der Waals surface area contributed by atoms with E-state index in [0.717, 1.165) is 27.8 Å². The third-order valence-electron chi connectivity index (χ3n) is 4.87. The molecule has 0 bridgehead atoms. The molecule has 1 N–H and O–H groups in total. The van der Waals surface area contributed by atoms with Gasteiger partial charge in [-0.15, -0.1) is 0 Å². The van der Waals surface area contributed by atoms with Gasteiger partial charge in [-0.25, -0.2) is 0 Å². The van der Waals surface area contributed by atoms with Crippen molar-refractivity contribution in [2.45, 2.75) is 46.7 Å². The first-order valence-corrected chi connectivity index (χ1v) is 8.45. The predicted octanol–water partition coefficient (Wildman–Crippen LogP) is 1.68. The number of amides is 1. The average Bonchev–Trinajstić information content (AvgIpc) is 2.53. The number of rotatable bonds is 5. The monoisotopic (exact) mass is 346 g/mol. The zero-order valence-electron chi connectivity index (χ0n) is 15.6. The Morgan fingerprint density at radius 2 is 1.96 bits per heavy atom. The summed E-state index contributed by atoms with van der Waals surface area (Å²) in [6, 6.07) is 1.46. The maximum absolute atomic E-state index is 12.2. The number of ketones is 1. The van der Waals surface area contributed by atoms with Gasteiger partial charge in [0.15, 0.2) is 5.78 Å². The van der Waals surface area contributed by atoms with Crippen molar-refractivity contribution in [1.29, 1.82) is 0 Å². The van der Waals surface area contributed by atoms with Crippen molar-refractivity contribution in [1.82, 2.24) is 10.2 Å². The van der Waals surface area contributed by atoms with Crippen LogP contribution in [0.3, 0.4) is 0 Å². The predicted molar refractivity (Wildman–Crippen MR) is 94.5 cm³/mol. The van der Waals surface area contributed by atoms with Crippen LogP contribution in [0, 0.1) is 20.8 Å². The van der Waals surface area contributed by atoms with Crippen LogP contribution in [0.15, 0.2) is 6.07 Å². The standard InChI is InChI=1S/C19H26N2O4/c1-11-8-12(2)18(14(4)22)13(3)15(11)10-21-7-6-20-19(24)16(21)9-17(23)25-5/h8,16H,6-7,9-10H2,1-5H3,(H,20,24)/t16-/m0/s1. The Kier molecular flexibility index (Phi) is 5.95. The summed E-state index contributed by atoms with van der Waals surface area (Å²) in [4.78, 5) is 37.9. The van der Waals surface area contributed by atoms with E-state index in [1.54, 1.807) is 6.92 Å². The van der Waals surface area contributed by atoms with Crippen molar-refractivity contribution >= 4 is 17.7 Å². The molecule has 1 heterocycles. The Hall–Kier alpha value is -2.21. The van der Waals surface area contributed by atoms with Crippen LogP contribution in [0.5, 0.6) is 0 Å². The van der Waals surface area contributed by atoms with Crippen molar-refractivity contribution in [3.63, 3.8) is 0 Å². The van der Waals surface area contributed by atoms with E-state index < -0.39 is 12.0 Å². The van der Waals surface area contributed by atoms with E-state index in [0.29, 0.717) is 19.6 Å². The third-order valence-corrected chi connectivity index (χ3v) is 4.87. The maximum Gasteiger partial charge on any atom is 0.307 e. The molecular weight excluding hydrogens is 320 g/mol. The lowest BCUT2D eigenvalue weighted by molar-refractivity contribution is -0.146. The number of carbonyl (C=O) groups excluding carboxylic acids is 3. The first kappa shape index (κ1) is 19.1. The Morgan fingerprint density at radius 3 is 2.56 bits per heavy atom. The van der Waals surface area contributed by atoms with Gasteiger partial charge in [0.1, 0.15) is 6.04 Å². The Labute approximate surface area is 148 Å². The summed E-state index contributed by atoms with van der Waals surface area (Å²) in [7, 11) is 1.32. The second-order valence-corrected chi connectivity index (χ2v) is 6.60. The second-order valence-electron chi connectivity index (χ2n) is 6.60. The number of benzene rings is 1. The summed E-state index contributed by atoms with van der Waals surface area (Å²) in [5.41, 5.74) is 4.79. The number of aryl methyl sites for hydroxylation is 2. The summed E-state index contributed by atoms with van der Waals surface area (Å²) in [6.45, 7) is 9.19. The van der Waals surface area contributed by atoms with E-state index in [9.17, 15) is 14.4 Å². The van der Waals surface area contributed by atoms with E-state index in [-0.39, 0.29) is 18.1 Å². The highest BCUT2D eigenvalue weighted by Crippen LogP contribution is 2.25. The Balaban J connectivity index is 2.36. The van der Waals surface area contributed by atoms with Gasteiger partial charge in [0.05, 0.1) is 13.5 Å². The lowest BCUT2D eigenvalue weighted by atomic mass is 9.91. The quantitative estimate of drug-likeness (QED) is 0.648. The van der Waals surface area contributed by atoms with Gasteiger partial charge in [0, 0.05) is 25.2 Å². The molecule has 0 saturated carbocycles. The highest BCUT2D eigenvalue weighted by Gasteiger charge is 2.32. The first-order chi connectivity index (χ1) is 11.8. The normalized spacial score (nSPS) is 18.0. The number of Topliss-reactive ketones (excluding diaryl/α,β-unsaturated/α-hetero) is 1. The molecule has 0 unspecified atom stereocenters. The molecule has 136 valence electrons. The SMILES string of the molecule is COC(=O)C[C@H]1C(=O)NCCN1Cc1c(C)cc(C)c(C(C)=O)c1C. The topological polar surface area (TPSA) is 75.7 Å². The minimum atomic E-state index is -0.554. The van der Waals surface area contributed by atoms with E-state index in [1.165, 1.54) is 7.11 Å². The number of hydrogen-bond donors (Lipinski definition) is 1. The fourth-order valence-electron chi connectivity index (χ4n) is 3.63. The number of hydrogen-bond acceptors (Lipinski definition) is 5. The van der Waals surface area contributed by atoms with Crippen LogP contribution in [0.25, 0.3) is 0 Å². The van der Waals surface area contributed by atoms with Crippen LogP contribution in [0.2, 0.25) is 0 Å². The molecule has 1 saturated heterocycles. The van der Waals surface area contributed by atoms with Gasteiger partial charge < -0.3 is 10.1 Å². The smallest absolute Gasteiger partial charge is 0.307 e. The summed E-state index contributed by atoms with van der Waals surface area (Å²) < 4.78 is 4.72. The second kappa shape index (κ2) is 7.78. The molecule has 0 aliphatic carbocycles. The number of carbonyl (C=O) groups is 3.